The number of halogens is 2. The van der Waals surface area contributed by atoms with E-state index in [0.29, 0.717) is 17.9 Å². The first kappa shape index (κ1) is 27.6. The van der Waals surface area contributed by atoms with Crippen LogP contribution in [0.25, 0.3) is 0 Å². The Labute approximate surface area is 231 Å². The minimum Gasteiger partial charge on any atom is -0.489 e. The van der Waals surface area contributed by atoms with Crippen LogP contribution in [0, 0.1) is 11.2 Å². The first-order valence-corrected chi connectivity index (χ1v) is 13.3. The number of benzene rings is 3. The summed E-state index contributed by atoms with van der Waals surface area (Å²) in [4.78, 5) is 30.9. The van der Waals surface area contributed by atoms with Crippen LogP contribution >= 0.6 is 15.9 Å². The van der Waals surface area contributed by atoms with Crippen molar-refractivity contribution in [3.63, 3.8) is 0 Å². The minimum atomic E-state index is -1.46. The van der Waals surface area contributed by atoms with Crippen LogP contribution in [0.2, 0.25) is 0 Å². The van der Waals surface area contributed by atoms with Crippen molar-refractivity contribution in [2.24, 2.45) is 5.41 Å². The lowest BCUT2D eigenvalue weighted by atomic mass is 9.81. The van der Waals surface area contributed by atoms with Gasteiger partial charge in [-0.2, -0.15) is 0 Å². The largest absolute Gasteiger partial charge is 0.489 e. The predicted octanol–water partition coefficient (Wildman–Crippen LogP) is 6.09. The summed E-state index contributed by atoms with van der Waals surface area (Å²) in [6.07, 6.45) is -0.397. The van der Waals surface area contributed by atoms with Crippen molar-refractivity contribution < 1.29 is 18.7 Å². The topological polar surface area (TPSA) is 61.9 Å². The predicted molar refractivity (Wildman–Crippen MR) is 149 cm³/mol. The number of urea groups is 1. The summed E-state index contributed by atoms with van der Waals surface area (Å²) in [5.74, 6) is -0.0860. The van der Waals surface area contributed by atoms with Gasteiger partial charge < -0.3 is 15.0 Å². The number of carbonyl (C=O) groups excluding carboxylic acids is 2. The van der Waals surface area contributed by atoms with Gasteiger partial charge in [-0.3, -0.25) is 9.69 Å². The van der Waals surface area contributed by atoms with Gasteiger partial charge >= 0.3 is 6.03 Å². The molecule has 0 saturated carbocycles. The molecule has 0 radical (unpaired) electrons. The van der Waals surface area contributed by atoms with Crippen molar-refractivity contribution in [1.82, 2.24) is 15.1 Å². The van der Waals surface area contributed by atoms with Gasteiger partial charge in [0.15, 0.2) is 5.54 Å². The fraction of sp³-hybridized carbons (Fsp3) is 0.333. The lowest BCUT2D eigenvalue weighted by Gasteiger charge is -2.43. The molecular formula is C30H33BrFN3O3. The monoisotopic (exact) mass is 581 g/mol. The van der Waals surface area contributed by atoms with Gasteiger partial charge in [0.1, 0.15) is 24.3 Å². The van der Waals surface area contributed by atoms with E-state index in [9.17, 15) is 14.0 Å². The van der Waals surface area contributed by atoms with Crippen molar-refractivity contribution in [3.8, 4) is 5.75 Å². The van der Waals surface area contributed by atoms with E-state index in [1.807, 2.05) is 75.4 Å². The Morgan fingerprint density at radius 2 is 1.71 bits per heavy atom. The third kappa shape index (κ3) is 5.14. The quantitative estimate of drug-likeness (QED) is 0.383. The zero-order chi connectivity index (χ0) is 27.7. The highest BCUT2D eigenvalue weighted by molar-refractivity contribution is 9.10. The van der Waals surface area contributed by atoms with Crippen molar-refractivity contribution >= 4 is 27.9 Å². The van der Waals surface area contributed by atoms with Gasteiger partial charge in [-0.05, 0) is 56.9 Å². The van der Waals surface area contributed by atoms with E-state index < -0.39 is 29.0 Å². The molecule has 1 heterocycles. The fourth-order valence-electron chi connectivity index (χ4n) is 5.28. The van der Waals surface area contributed by atoms with Gasteiger partial charge in [0, 0.05) is 25.9 Å². The van der Waals surface area contributed by atoms with E-state index in [-0.39, 0.29) is 16.8 Å². The second-order valence-electron chi connectivity index (χ2n) is 10.7. The van der Waals surface area contributed by atoms with Gasteiger partial charge in [-0.25, -0.2) is 9.18 Å². The van der Waals surface area contributed by atoms with Crippen LogP contribution in [0.3, 0.4) is 0 Å². The maximum atomic E-state index is 14.9. The number of likely N-dealkylation sites (N-methyl/N-ethyl adjacent to an activating group) is 1. The lowest BCUT2D eigenvalue weighted by molar-refractivity contribution is -0.133. The number of hydrogen-bond donors (Lipinski definition) is 1. The van der Waals surface area contributed by atoms with Crippen molar-refractivity contribution in [1.29, 1.82) is 0 Å². The number of carbonyl (C=O) groups is 2. The van der Waals surface area contributed by atoms with E-state index >= 15 is 0 Å². The van der Waals surface area contributed by atoms with Crippen LogP contribution in [-0.4, -0.2) is 42.0 Å². The Bertz CT molecular complexity index is 1310. The summed E-state index contributed by atoms with van der Waals surface area (Å²) in [5.41, 5.74) is 0.352. The van der Waals surface area contributed by atoms with Crippen LogP contribution in [0.4, 0.5) is 9.18 Å². The van der Waals surface area contributed by atoms with E-state index in [4.69, 9.17) is 4.74 Å². The van der Waals surface area contributed by atoms with E-state index in [0.717, 1.165) is 11.1 Å². The van der Waals surface area contributed by atoms with Crippen LogP contribution in [0.1, 0.15) is 37.5 Å². The Hall–Kier alpha value is -3.39. The van der Waals surface area contributed by atoms with Crippen LogP contribution in [-0.2, 0) is 23.4 Å². The number of hydrogen-bond acceptors (Lipinski definition) is 3. The Balaban J connectivity index is 1.77. The molecule has 3 aromatic rings. The molecule has 3 aromatic carbocycles. The normalized spacial score (nSPS) is 19.6. The Kier molecular flexibility index (Phi) is 7.83. The Morgan fingerprint density at radius 3 is 2.29 bits per heavy atom. The molecule has 38 heavy (non-hydrogen) atoms. The van der Waals surface area contributed by atoms with Crippen molar-refractivity contribution in [2.45, 2.75) is 45.5 Å². The highest BCUT2D eigenvalue weighted by Crippen LogP contribution is 2.47. The molecule has 2 unspecified atom stereocenters. The molecule has 1 aliphatic rings. The summed E-state index contributed by atoms with van der Waals surface area (Å²) in [5, 5.41) is 2.71. The maximum absolute atomic E-state index is 14.9. The van der Waals surface area contributed by atoms with Crippen LogP contribution in [0.5, 0.6) is 5.75 Å². The molecule has 0 spiro atoms. The zero-order valence-electron chi connectivity index (χ0n) is 22.3. The maximum Gasteiger partial charge on any atom is 0.319 e. The minimum absolute atomic E-state index is 0.163. The third-order valence-corrected chi connectivity index (χ3v) is 7.58. The molecule has 200 valence electrons. The van der Waals surface area contributed by atoms with Crippen LogP contribution in [0.15, 0.2) is 77.3 Å². The number of amides is 3. The summed E-state index contributed by atoms with van der Waals surface area (Å²) in [6, 6.07) is 21.6. The smallest absolute Gasteiger partial charge is 0.319 e. The van der Waals surface area contributed by atoms with Crippen LogP contribution < -0.4 is 10.1 Å². The molecule has 4 rings (SSSR count). The molecule has 6 nitrogen and oxygen atoms in total. The summed E-state index contributed by atoms with van der Waals surface area (Å²) in [6.45, 7) is 6.38. The molecule has 2 atom stereocenters. The summed E-state index contributed by atoms with van der Waals surface area (Å²) >= 11 is 3.21. The Morgan fingerprint density at radius 1 is 1.05 bits per heavy atom. The molecule has 0 aliphatic carbocycles. The molecule has 8 heteroatoms. The number of ether oxygens (including phenoxy) is 1. The molecule has 3 amide bonds. The molecule has 0 bridgehead atoms. The van der Waals surface area contributed by atoms with Crippen molar-refractivity contribution in [3.05, 3.63) is 99.8 Å². The SMILES string of the molecule is CNC(=O)N1C(C(C)(C)C)N(C)C(=O)C1(Cc1ccc(OCc2ccccc2)cc1)c1ccc(Br)c(F)c1. The summed E-state index contributed by atoms with van der Waals surface area (Å²) in [7, 11) is 3.24. The third-order valence-electron chi connectivity index (χ3n) is 6.93. The molecular weight excluding hydrogens is 549 g/mol. The number of nitrogens with one attached hydrogen (secondary N) is 1. The summed E-state index contributed by atoms with van der Waals surface area (Å²) < 4.78 is 21.1. The van der Waals surface area contributed by atoms with E-state index in [1.54, 1.807) is 29.0 Å². The molecule has 1 N–H and O–H groups in total. The van der Waals surface area contributed by atoms with E-state index in [2.05, 4.69) is 21.2 Å². The van der Waals surface area contributed by atoms with E-state index in [1.165, 1.54) is 13.1 Å². The first-order valence-electron chi connectivity index (χ1n) is 12.5. The second kappa shape index (κ2) is 10.8. The lowest BCUT2D eigenvalue weighted by Crippen LogP contribution is -2.58. The van der Waals surface area contributed by atoms with Gasteiger partial charge in [-0.15, -0.1) is 0 Å². The van der Waals surface area contributed by atoms with Gasteiger partial charge in [-0.1, -0.05) is 69.3 Å². The zero-order valence-corrected chi connectivity index (χ0v) is 23.9. The fourth-order valence-corrected chi connectivity index (χ4v) is 5.53. The van der Waals surface area contributed by atoms with Gasteiger partial charge in [0.2, 0.25) is 0 Å². The number of nitrogens with zero attached hydrogens (tertiary/aromatic N) is 2. The molecule has 0 aromatic heterocycles. The van der Waals surface area contributed by atoms with Gasteiger partial charge in [0.25, 0.3) is 5.91 Å². The average Bonchev–Trinajstić information content (AvgIpc) is 3.13. The molecule has 1 fully saturated rings. The highest BCUT2D eigenvalue weighted by Gasteiger charge is 2.61. The average molecular weight is 583 g/mol. The second-order valence-corrected chi connectivity index (χ2v) is 11.5. The van der Waals surface area contributed by atoms with Crippen molar-refractivity contribution in [2.75, 3.05) is 14.1 Å². The standard InChI is InChI=1S/C30H33BrFN3O3/c1-29(2,3)26-34(5)27(36)30(35(26)28(37)33-4,22-13-16-24(31)25(32)17-22)18-20-11-14-23(15-12-20)38-19-21-9-7-6-8-10-21/h6-17,26H,18-19H2,1-5H3,(H,33,37). The molecule has 1 aliphatic heterocycles. The number of rotatable bonds is 6. The highest BCUT2D eigenvalue weighted by atomic mass is 79.9. The molecule has 1 saturated heterocycles. The first-order chi connectivity index (χ1) is 18.0. The van der Waals surface area contributed by atoms with Gasteiger partial charge in [0.05, 0.1) is 4.47 Å².